The number of anilines is 1. The maximum atomic E-state index is 13.5. The summed E-state index contributed by atoms with van der Waals surface area (Å²) in [6, 6.07) is 3.10. The number of carbonyl (C=O) groups excluding carboxylic acids is 1. The third-order valence-electron chi connectivity index (χ3n) is 5.52. The molecule has 0 bridgehead atoms. The van der Waals surface area contributed by atoms with Crippen LogP contribution in [-0.2, 0) is 11.0 Å². The summed E-state index contributed by atoms with van der Waals surface area (Å²) in [4.78, 5) is 20.5. The fourth-order valence-electron chi connectivity index (χ4n) is 3.70. The number of carbonyl (C=O) groups is 1. The van der Waals surface area contributed by atoms with Crippen molar-refractivity contribution in [2.75, 3.05) is 70.3 Å². The van der Waals surface area contributed by atoms with E-state index < -0.39 is 17.6 Å². The lowest BCUT2D eigenvalue weighted by molar-refractivity contribution is -0.140. The van der Waals surface area contributed by atoms with E-state index in [9.17, 15) is 22.4 Å². The summed E-state index contributed by atoms with van der Waals surface area (Å²) in [6.07, 6.45) is -4.71. The van der Waals surface area contributed by atoms with Gasteiger partial charge in [0.15, 0.2) is 0 Å². The van der Waals surface area contributed by atoms with Gasteiger partial charge in [0.2, 0.25) is 5.91 Å². The van der Waals surface area contributed by atoms with Crippen LogP contribution in [0.3, 0.4) is 0 Å². The summed E-state index contributed by atoms with van der Waals surface area (Å²) in [7, 11) is 0. The van der Waals surface area contributed by atoms with Gasteiger partial charge in [0.25, 0.3) is 0 Å². The summed E-state index contributed by atoms with van der Waals surface area (Å²) in [5, 5.41) is 0. The SMILES string of the molecule is CC.CCN1CCN(C(=O)CN2CCN(c3ccc(F)c(C(F)(F)F)c3)CC2)CC1. The van der Waals surface area contributed by atoms with E-state index in [1.165, 1.54) is 6.07 Å². The number of hydrogen-bond donors (Lipinski definition) is 0. The number of rotatable bonds is 4. The molecular weight excluding hydrogens is 400 g/mol. The van der Waals surface area contributed by atoms with Crippen molar-refractivity contribution in [2.45, 2.75) is 26.9 Å². The molecular formula is C21H32F4N4O. The van der Waals surface area contributed by atoms with Crippen molar-refractivity contribution in [3.8, 4) is 0 Å². The van der Waals surface area contributed by atoms with E-state index in [0.717, 1.165) is 44.9 Å². The first kappa shape index (κ1) is 24.4. The van der Waals surface area contributed by atoms with Crippen LogP contribution < -0.4 is 4.90 Å². The van der Waals surface area contributed by atoms with Crippen molar-refractivity contribution >= 4 is 11.6 Å². The molecule has 5 nitrogen and oxygen atoms in total. The highest BCUT2D eigenvalue weighted by Gasteiger charge is 2.35. The fraction of sp³-hybridized carbons (Fsp3) is 0.667. The Labute approximate surface area is 176 Å². The van der Waals surface area contributed by atoms with Gasteiger partial charge in [0.05, 0.1) is 12.1 Å². The first-order valence-corrected chi connectivity index (χ1v) is 10.6. The average Bonchev–Trinajstić information content (AvgIpc) is 2.75. The monoisotopic (exact) mass is 432 g/mol. The van der Waals surface area contributed by atoms with E-state index in [1.54, 1.807) is 4.90 Å². The molecule has 30 heavy (non-hydrogen) atoms. The first-order valence-electron chi connectivity index (χ1n) is 10.6. The number of amides is 1. The number of nitrogens with zero attached hydrogens (tertiary/aromatic N) is 4. The standard InChI is InChI=1S/C19H26F4N4O.C2H6/c1-2-24-5-11-27(12-6-24)18(28)14-25-7-9-26(10-8-25)15-3-4-17(20)16(13-15)19(21,22)23;1-2/h3-4,13H,2,5-12,14H2,1H3;1-2H3. The minimum atomic E-state index is -4.71. The molecule has 2 saturated heterocycles. The van der Waals surface area contributed by atoms with E-state index >= 15 is 0 Å². The summed E-state index contributed by atoms with van der Waals surface area (Å²) in [5.41, 5.74) is -0.885. The third kappa shape index (κ3) is 6.31. The first-order chi connectivity index (χ1) is 14.3. The van der Waals surface area contributed by atoms with E-state index in [4.69, 9.17) is 0 Å². The van der Waals surface area contributed by atoms with Crippen molar-refractivity contribution in [3.63, 3.8) is 0 Å². The number of hydrogen-bond acceptors (Lipinski definition) is 4. The van der Waals surface area contributed by atoms with E-state index in [1.807, 2.05) is 23.6 Å². The van der Waals surface area contributed by atoms with Gasteiger partial charge in [-0.1, -0.05) is 20.8 Å². The molecule has 0 N–H and O–H groups in total. The van der Waals surface area contributed by atoms with E-state index in [2.05, 4.69) is 11.8 Å². The molecule has 170 valence electrons. The molecule has 1 amide bonds. The largest absolute Gasteiger partial charge is 0.419 e. The highest BCUT2D eigenvalue weighted by Crippen LogP contribution is 2.34. The van der Waals surface area contributed by atoms with Gasteiger partial charge in [-0.25, -0.2) is 4.39 Å². The smallest absolute Gasteiger partial charge is 0.369 e. The van der Waals surface area contributed by atoms with Gasteiger partial charge in [0, 0.05) is 58.0 Å². The van der Waals surface area contributed by atoms with Crippen LogP contribution in [0.1, 0.15) is 26.3 Å². The summed E-state index contributed by atoms with van der Waals surface area (Å²) >= 11 is 0. The molecule has 2 fully saturated rings. The highest BCUT2D eigenvalue weighted by molar-refractivity contribution is 5.78. The van der Waals surface area contributed by atoms with Crippen LogP contribution in [0.4, 0.5) is 23.2 Å². The van der Waals surface area contributed by atoms with Crippen molar-refractivity contribution in [3.05, 3.63) is 29.6 Å². The van der Waals surface area contributed by atoms with Crippen molar-refractivity contribution in [1.82, 2.24) is 14.7 Å². The lowest BCUT2D eigenvalue weighted by Crippen LogP contribution is -2.53. The molecule has 0 radical (unpaired) electrons. The molecule has 0 aromatic heterocycles. The quantitative estimate of drug-likeness (QED) is 0.684. The Balaban J connectivity index is 0.00000155. The molecule has 0 saturated carbocycles. The van der Waals surface area contributed by atoms with Crippen LogP contribution in [0.5, 0.6) is 0 Å². The third-order valence-corrected chi connectivity index (χ3v) is 5.52. The van der Waals surface area contributed by atoms with Gasteiger partial charge in [0.1, 0.15) is 5.82 Å². The molecule has 2 heterocycles. The Kier molecular flexibility index (Phi) is 8.91. The lowest BCUT2D eigenvalue weighted by Gasteiger charge is -2.38. The van der Waals surface area contributed by atoms with Gasteiger partial charge in [-0.2, -0.15) is 13.2 Å². The minimum absolute atomic E-state index is 0.102. The predicted octanol–water partition coefficient (Wildman–Crippen LogP) is 3.16. The number of halogens is 4. The number of piperazine rings is 2. The summed E-state index contributed by atoms with van der Waals surface area (Å²) < 4.78 is 52.2. The summed E-state index contributed by atoms with van der Waals surface area (Å²) in [6.45, 7) is 12.9. The Morgan fingerprint density at radius 2 is 1.50 bits per heavy atom. The molecule has 0 spiro atoms. The maximum Gasteiger partial charge on any atom is 0.419 e. The minimum Gasteiger partial charge on any atom is -0.369 e. The molecule has 1 aromatic rings. The van der Waals surface area contributed by atoms with Gasteiger partial charge < -0.3 is 14.7 Å². The molecule has 1 aromatic carbocycles. The van der Waals surface area contributed by atoms with E-state index in [0.29, 0.717) is 38.4 Å². The van der Waals surface area contributed by atoms with Crippen LogP contribution in [0.15, 0.2) is 18.2 Å². The number of likely N-dealkylation sites (N-methyl/N-ethyl adjacent to an activating group) is 1. The summed E-state index contributed by atoms with van der Waals surface area (Å²) in [5.74, 6) is -1.16. The zero-order valence-corrected chi connectivity index (χ0v) is 18.0. The molecule has 9 heteroatoms. The zero-order chi connectivity index (χ0) is 22.3. The predicted molar refractivity (Wildman–Crippen MR) is 110 cm³/mol. The Morgan fingerprint density at radius 1 is 0.933 bits per heavy atom. The molecule has 2 aliphatic rings. The highest BCUT2D eigenvalue weighted by atomic mass is 19.4. The molecule has 3 rings (SSSR count). The van der Waals surface area contributed by atoms with Crippen LogP contribution in [0.2, 0.25) is 0 Å². The average molecular weight is 433 g/mol. The molecule has 0 aliphatic carbocycles. The van der Waals surface area contributed by atoms with Crippen LogP contribution in [-0.4, -0.2) is 86.1 Å². The normalized spacial score (nSPS) is 18.8. The zero-order valence-electron chi connectivity index (χ0n) is 18.0. The molecule has 2 aliphatic heterocycles. The van der Waals surface area contributed by atoms with Crippen LogP contribution >= 0.6 is 0 Å². The topological polar surface area (TPSA) is 30.0 Å². The Morgan fingerprint density at radius 3 is 2.03 bits per heavy atom. The van der Waals surface area contributed by atoms with E-state index in [-0.39, 0.29) is 5.91 Å². The number of benzene rings is 1. The second-order valence-electron chi connectivity index (χ2n) is 7.24. The number of alkyl halides is 3. The van der Waals surface area contributed by atoms with Crippen LogP contribution in [0, 0.1) is 5.82 Å². The van der Waals surface area contributed by atoms with Crippen LogP contribution in [0.25, 0.3) is 0 Å². The maximum absolute atomic E-state index is 13.5. The lowest BCUT2D eigenvalue weighted by atomic mass is 10.1. The Hall–Kier alpha value is -1.87. The Bertz CT molecular complexity index is 682. The van der Waals surface area contributed by atoms with Crippen molar-refractivity contribution in [1.29, 1.82) is 0 Å². The fourth-order valence-corrected chi connectivity index (χ4v) is 3.70. The second-order valence-corrected chi connectivity index (χ2v) is 7.24. The van der Waals surface area contributed by atoms with Gasteiger partial charge in [-0.15, -0.1) is 0 Å². The molecule has 0 unspecified atom stereocenters. The van der Waals surface area contributed by atoms with Crippen molar-refractivity contribution < 1.29 is 22.4 Å². The second kappa shape index (κ2) is 10.9. The van der Waals surface area contributed by atoms with Crippen molar-refractivity contribution in [2.24, 2.45) is 0 Å². The van der Waals surface area contributed by atoms with Gasteiger partial charge in [-0.3, -0.25) is 9.69 Å². The molecule has 0 atom stereocenters. The van der Waals surface area contributed by atoms with Gasteiger partial charge in [-0.05, 0) is 24.7 Å². The van der Waals surface area contributed by atoms with Gasteiger partial charge >= 0.3 is 6.18 Å².